The van der Waals surface area contributed by atoms with E-state index < -0.39 is 24.5 Å². The van der Waals surface area contributed by atoms with Crippen LogP contribution in [0.25, 0.3) is 0 Å². The van der Waals surface area contributed by atoms with E-state index >= 15 is 0 Å². The zero-order chi connectivity index (χ0) is 13.1. The van der Waals surface area contributed by atoms with Gasteiger partial charge in [-0.3, -0.25) is 14.5 Å². The first-order valence-corrected chi connectivity index (χ1v) is 6.58. The molecule has 0 fully saturated rings. The third kappa shape index (κ3) is 2.10. The van der Waals surface area contributed by atoms with Crippen molar-refractivity contribution in [2.75, 3.05) is 12.0 Å². The summed E-state index contributed by atoms with van der Waals surface area (Å²) in [6.07, 6.45) is 3.20. The van der Waals surface area contributed by atoms with Crippen LogP contribution in [0.5, 0.6) is 0 Å². The van der Waals surface area contributed by atoms with Crippen molar-refractivity contribution in [1.29, 1.82) is 0 Å². The molecule has 0 aliphatic carbocycles. The van der Waals surface area contributed by atoms with Crippen molar-refractivity contribution < 1.29 is 14.0 Å². The summed E-state index contributed by atoms with van der Waals surface area (Å²) in [5.41, 5.74) is 0.682. The number of carbonyl (C=O) groups is 2. The molecule has 2 rings (SSSR count). The number of alkyl halides is 2. The van der Waals surface area contributed by atoms with Crippen LogP contribution in [0.3, 0.4) is 0 Å². The predicted octanol–water partition coefficient (Wildman–Crippen LogP) is 2.57. The van der Waals surface area contributed by atoms with Gasteiger partial charge in [-0.05, 0) is 12.1 Å². The molecule has 0 spiro atoms. The first-order chi connectivity index (χ1) is 8.70. The van der Waals surface area contributed by atoms with Gasteiger partial charge in [-0.1, -0.05) is 40.2 Å². The molecule has 1 unspecified atom stereocenters. The Morgan fingerprint density at radius 2 is 1.78 bits per heavy atom. The van der Waals surface area contributed by atoms with Gasteiger partial charge in [0.2, 0.25) is 0 Å². The zero-order valence-corrected chi connectivity index (χ0v) is 11.1. The lowest BCUT2D eigenvalue weighted by atomic mass is 10.1. The van der Waals surface area contributed by atoms with Crippen LogP contribution >= 0.6 is 15.9 Å². The largest absolute Gasteiger partial charge is 0.269 e. The molecule has 2 amide bonds. The van der Waals surface area contributed by atoms with Crippen LogP contribution in [0, 0.1) is 0 Å². The normalized spacial score (nSPS) is 16.4. The highest BCUT2D eigenvalue weighted by atomic mass is 79.9. The molecule has 0 radical (unpaired) electrons. The van der Waals surface area contributed by atoms with Crippen LogP contribution in [0.1, 0.15) is 20.7 Å². The number of hydrogen-bond donors (Lipinski definition) is 0. The topological polar surface area (TPSA) is 37.4 Å². The minimum Gasteiger partial charge on any atom is -0.269 e. The molecule has 94 valence electrons. The Bertz CT molecular complexity index is 480. The summed E-state index contributed by atoms with van der Waals surface area (Å²) in [5, 5.41) is 0.548. The van der Waals surface area contributed by atoms with Crippen molar-refractivity contribution in [1.82, 2.24) is 4.90 Å². The van der Waals surface area contributed by atoms with Crippen LogP contribution in [0.2, 0.25) is 0 Å². The number of imide groups is 1. The van der Waals surface area contributed by atoms with Crippen molar-refractivity contribution in [2.45, 2.75) is 6.04 Å². The Morgan fingerprint density at radius 3 is 2.22 bits per heavy atom. The third-order valence-corrected chi connectivity index (χ3v) is 3.14. The van der Waals surface area contributed by atoms with Gasteiger partial charge in [-0.2, -0.15) is 0 Å². The fraction of sp³-hybridized carbons (Fsp3) is 0.231. The number of hydrogen-bond acceptors (Lipinski definition) is 2. The molecule has 0 aromatic heterocycles. The summed E-state index contributed by atoms with van der Waals surface area (Å²) in [6.45, 7) is -0.783. The molecule has 1 aliphatic heterocycles. The third-order valence-electron chi connectivity index (χ3n) is 2.76. The quantitative estimate of drug-likeness (QED) is 0.487. The maximum atomic E-state index is 13.0. The molecule has 1 atom stereocenters. The second-order valence-electron chi connectivity index (χ2n) is 3.83. The number of fused-ring (bicyclic) bond motifs is 1. The number of nitrogens with zero attached hydrogens (tertiary/aromatic N) is 1. The average molecular weight is 312 g/mol. The summed E-state index contributed by atoms with van der Waals surface area (Å²) in [5.74, 6) is -0.866. The van der Waals surface area contributed by atoms with E-state index in [-0.39, 0.29) is 0 Å². The van der Waals surface area contributed by atoms with Gasteiger partial charge in [0.25, 0.3) is 11.8 Å². The molecule has 18 heavy (non-hydrogen) atoms. The molecular formula is C13H11BrFNO2. The molecule has 1 heterocycles. The highest BCUT2D eigenvalue weighted by Gasteiger charge is 2.38. The van der Waals surface area contributed by atoms with Gasteiger partial charge in [-0.25, -0.2) is 4.39 Å². The molecule has 1 aromatic rings. The van der Waals surface area contributed by atoms with Gasteiger partial charge in [0.1, 0.15) is 6.67 Å². The number of amides is 2. The van der Waals surface area contributed by atoms with Gasteiger partial charge in [0, 0.05) is 5.33 Å². The number of halogens is 2. The van der Waals surface area contributed by atoms with E-state index in [2.05, 4.69) is 15.9 Å². The standard InChI is InChI=1S/C13H11BrFNO2/c14-7-3-4-9(8-15)16-12(17)10-5-1-2-6-11(10)13(16)18/h1-6,9H,7-8H2. The molecule has 5 heteroatoms. The molecular weight excluding hydrogens is 301 g/mol. The van der Waals surface area contributed by atoms with Gasteiger partial charge in [-0.15, -0.1) is 0 Å². The fourth-order valence-electron chi connectivity index (χ4n) is 1.92. The van der Waals surface area contributed by atoms with E-state index in [4.69, 9.17) is 0 Å². The number of carbonyl (C=O) groups excluding carboxylic acids is 2. The lowest BCUT2D eigenvalue weighted by molar-refractivity contribution is 0.0596. The number of rotatable bonds is 4. The molecule has 1 aliphatic rings. The van der Waals surface area contributed by atoms with Gasteiger partial charge < -0.3 is 0 Å². The van der Waals surface area contributed by atoms with Crippen molar-refractivity contribution in [2.24, 2.45) is 0 Å². The lowest BCUT2D eigenvalue weighted by Crippen LogP contribution is -2.40. The second-order valence-corrected chi connectivity index (χ2v) is 4.48. The predicted molar refractivity (Wildman–Crippen MR) is 69.6 cm³/mol. The Hall–Kier alpha value is -1.49. The van der Waals surface area contributed by atoms with E-state index in [9.17, 15) is 14.0 Å². The van der Waals surface area contributed by atoms with E-state index in [1.807, 2.05) is 0 Å². The van der Waals surface area contributed by atoms with E-state index in [0.29, 0.717) is 16.5 Å². The van der Waals surface area contributed by atoms with Crippen LogP contribution in [-0.4, -0.2) is 34.8 Å². The number of benzene rings is 1. The summed E-state index contributed by atoms with van der Waals surface area (Å²) < 4.78 is 13.0. The van der Waals surface area contributed by atoms with Gasteiger partial charge in [0.05, 0.1) is 17.2 Å². The van der Waals surface area contributed by atoms with Crippen molar-refractivity contribution in [3.8, 4) is 0 Å². The minimum absolute atomic E-state index is 0.341. The summed E-state index contributed by atoms with van der Waals surface area (Å²) in [7, 11) is 0. The van der Waals surface area contributed by atoms with Crippen LogP contribution < -0.4 is 0 Å². The van der Waals surface area contributed by atoms with Crippen LogP contribution in [-0.2, 0) is 0 Å². The van der Waals surface area contributed by atoms with Crippen molar-refractivity contribution >= 4 is 27.7 Å². The van der Waals surface area contributed by atoms with E-state index in [1.165, 1.54) is 6.08 Å². The summed E-state index contributed by atoms with van der Waals surface area (Å²) in [6, 6.07) is 5.70. The highest BCUT2D eigenvalue weighted by Crippen LogP contribution is 2.25. The Labute approximate surface area is 112 Å². The Balaban J connectivity index is 2.35. The molecule has 1 aromatic carbocycles. The van der Waals surface area contributed by atoms with Gasteiger partial charge >= 0.3 is 0 Å². The van der Waals surface area contributed by atoms with Crippen LogP contribution in [0.4, 0.5) is 4.39 Å². The summed E-state index contributed by atoms with van der Waals surface area (Å²) in [4.78, 5) is 25.1. The molecule has 3 nitrogen and oxygen atoms in total. The average Bonchev–Trinajstić information content (AvgIpc) is 2.65. The molecule has 0 N–H and O–H groups in total. The number of allylic oxidation sites excluding steroid dienone is 1. The lowest BCUT2D eigenvalue weighted by Gasteiger charge is -2.20. The van der Waals surface area contributed by atoms with E-state index in [1.54, 1.807) is 30.3 Å². The summed E-state index contributed by atoms with van der Waals surface area (Å²) >= 11 is 3.18. The maximum Gasteiger partial charge on any atom is 0.262 e. The minimum atomic E-state index is -0.838. The Kier molecular flexibility index (Phi) is 3.91. The first-order valence-electron chi connectivity index (χ1n) is 5.46. The second kappa shape index (κ2) is 5.44. The maximum absolute atomic E-state index is 13.0. The monoisotopic (exact) mass is 311 g/mol. The van der Waals surface area contributed by atoms with Crippen molar-refractivity contribution in [3.05, 3.63) is 47.5 Å². The molecule has 0 saturated heterocycles. The van der Waals surface area contributed by atoms with Crippen LogP contribution in [0.15, 0.2) is 36.4 Å². The van der Waals surface area contributed by atoms with E-state index in [0.717, 1.165) is 4.90 Å². The van der Waals surface area contributed by atoms with Gasteiger partial charge in [0.15, 0.2) is 0 Å². The van der Waals surface area contributed by atoms with Crippen molar-refractivity contribution in [3.63, 3.8) is 0 Å². The first kappa shape index (κ1) is 13.0. The smallest absolute Gasteiger partial charge is 0.262 e. The molecule has 0 saturated carbocycles. The molecule has 0 bridgehead atoms. The highest BCUT2D eigenvalue weighted by molar-refractivity contribution is 9.09. The Morgan fingerprint density at radius 1 is 1.22 bits per heavy atom. The zero-order valence-electron chi connectivity index (χ0n) is 9.48. The SMILES string of the molecule is O=C1c2ccccc2C(=O)N1C(C=CCBr)CF. The fourth-order valence-corrected chi connectivity index (χ4v) is 2.14.